The second-order valence-electron chi connectivity index (χ2n) is 4.56. The first kappa shape index (κ1) is 14.2. The van der Waals surface area contributed by atoms with E-state index in [2.05, 4.69) is 11.2 Å². The molecular weight excluding hydrogens is 258 g/mol. The van der Waals surface area contributed by atoms with Crippen LogP contribution in [0.2, 0.25) is 0 Å². The van der Waals surface area contributed by atoms with Crippen molar-refractivity contribution in [3.05, 3.63) is 24.2 Å². The van der Waals surface area contributed by atoms with Gasteiger partial charge in [0.1, 0.15) is 6.26 Å². The highest BCUT2D eigenvalue weighted by Crippen LogP contribution is 2.09. The number of hydrogen-bond donors (Lipinski definition) is 1. The van der Waals surface area contributed by atoms with E-state index in [1.54, 1.807) is 11.0 Å². The highest BCUT2D eigenvalue weighted by molar-refractivity contribution is 5.93. The van der Waals surface area contributed by atoms with Gasteiger partial charge in [-0.1, -0.05) is 5.92 Å². The van der Waals surface area contributed by atoms with E-state index in [1.807, 2.05) is 4.90 Å². The Hall–Kier alpha value is -2.26. The van der Waals surface area contributed by atoms with Gasteiger partial charge < -0.3 is 14.6 Å². The molecule has 1 aliphatic rings. The van der Waals surface area contributed by atoms with Crippen LogP contribution < -0.4 is 5.32 Å². The van der Waals surface area contributed by atoms with Crippen molar-refractivity contribution in [2.45, 2.75) is 0 Å². The smallest absolute Gasteiger partial charge is 0.257 e. The van der Waals surface area contributed by atoms with Crippen molar-refractivity contribution in [3.63, 3.8) is 0 Å². The molecule has 0 radical (unpaired) electrons. The molecule has 0 bridgehead atoms. The first-order valence-electron chi connectivity index (χ1n) is 6.44. The van der Waals surface area contributed by atoms with Crippen LogP contribution in [-0.4, -0.2) is 60.9 Å². The quantitative estimate of drug-likeness (QED) is 0.772. The number of carbonyl (C=O) groups excluding carboxylic acids is 2. The summed E-state index contributed by atoms with van der Waals surface area (Å²) in [5.41, 5.74) is 0.560. The molecule has 1 aliphatic heterocycles. The number of amides is 2. The number of nitrogens with zero attached hydrogens (tertiary/aromatic N) is 2. The maximum Gasteiger partial charge on any atom is 0.257 e. The summed E-state index contributed by atoms with van der Waals surface area (Å²) in [6, 6.07) is 1.65. The third-order valence-corrected chi connectivity index (χ3v) is 3.18. The molecule has 0 saturated carbocycles. The van der Waals surface area contributed by atoms with Gasteiger partial charge in [0.2, 0.25) is 5.91 Å². The van der Waals surface area contributed by atoms with Crippen LogP contribution in [-0.2, 0) is 4.79 Å². The number of terminal acetylenes is 1. The van der Waals surface area contributed by atoms with E-state index in [1.165, 1.54) is 12.5 Å². The molecule has 20 heavy (non-hydrogen) atoms. The van der Waals surface area contributed by atoms with Crippen LogP contribution in [0.4, 0.5) is 0 Å². The summed E-state index contributed by atoms with van der Waals surface area (Å²) in [6.45, 7) is 3.12. The Kier molecular flexibility index (Phi) is 4.80. The Bertz CT molecular complexity index is 496. The zero-order valence-electron chi connectivity index (χ0n) is 11.2. The van der Waals surface area contributed by atoms with Crippen LogP contribution in [0.25, 0.3) is 0 Å². The maximum absolute atomic E-state index is 12.1. The Morgan fingerprint density at radius 2 is 2.10 bits per heavy atom. The van der Waals surface area contributed by atoms with E-state index in [9.17, 15) is 9.59 Å². The molecule has 106 valence electrons. The lowest BCUT2D eigenvalue weighted by molar-refractivity contribution is -0.122. The van der Waals surface area contributed by atoms with Gasteiger partial charge in [-0.3, -0.25) is 14.5 Å². The van der Waals surface area contributed by atoms with Crippen LogP contribution >= 0.6 is 0 Å². The highest BCUT2D eigenvalue weighted by atomic mass is 16.3. The van der Waals surface area contributed by atoms with Gasteiger partial charge in [0.15, 0.2) is 0 Å². The number of rotatable bonds is 4. The fraction of sp³-hybridized carbons (Fsp3) is 0.429. The molecule has 0 unspecified atom stereocenters. The van der Waals surface area contributed by atoms with Crippen molar-refractivity contribution in [2.75, 3.05) is 39.3 Å². The van der Waals surface area contributed by atoms with E-state index in [0.29, 0.717) is 38.3 Å². The van der Waals surface area contributed by atoms with Crippen molar-refractivity contribution >= 4 is 11.8 Å². The van der Waals surface area contributed by atoms with Crippen LogP contribution in [0.1, 0.15) is 10.4 Å². The average Bonchev–Trinajstić information content (AvgIpc) is 2.99. The average molecular weight is 275 g/mol. The molecular formula is C14H17N3O3. The molecule has 2 heterocycles. The van der Waals surface area contributed by atoms with Crippen LogP contribution in [0, 0.1) is 12.3 Å². The Labute approximate surface area is 117 Å². The van der Waals surface area contributed by atoms with Crippen LogP contribution in [0.3, 0.4) is 0 Å². The Balaban J connectivity index is 1.77. The summed E-state index contributed by atoms with van der Waals surface area (Å²) in [5.74, 6) is 2.24. The lowest BCUT2D eigenvalue weighted by Gasteiger charge is -2.34. The molecule has 0 aliphatic carbocycles. The van der Waals surface area contributed by atoms with Gasteiger partial charge >= 0.3 is 0 Å². The molecule has 1 saturated heterocycles. The van der Waals surface area contributed by atoms with Gasteiger partial charge in [0, 0.05) is 26.2 Å². The molecule has 1 aromatic rings. The molecule has 1 fully saturated rings. The predicted octanol–water partition coefficient (Wildman–Crippen LogP) is -0.213. The van der Waals surface area contributed by atoms with E-state index in [-0.39, 0.29) is 18.4 Å². The van der Waals surface area contributed by atoms with Gasteiger partial charge in [-0.05, 0) is 6.07 Å². The summed E-state index contributed by atoms with van der Waals surface area (Å²) in [6.07, 6.45) is 8.01. The zero-order valence-corrected chi connectivity index (χ0v) is 11.2. The molecule has 2 amide bonds. The van der Waals surface area contributed by atoms with Gasteiger partial charge in [0.05, 0.1) is 24.9 Å². The minimum Gasteiger partial charge on any atom is -0.472 e. The van der Waals surface area contributed by atoms with Crippen molar-refractivity contribution in [2.24, 2.45) is 0 Å². The van der Waals surface area contributed by atoms with E-state index >= 15 is 0 Å². The molecule has 0 atom stereocenters. The topological polar surface area (TPSA) is 65.8 Å². The van der Waals surface area contributed by atoms with E-state index in [4.69, 9.17) is 10.8 Å². The standard InChI is InChI=1S/C14H17N3O3/c1-2-4-15-13(18)10-16-5-7-17(8-6-16)14(19)12-3-9-20-11-12/h1,3,9,11H,4-8,10H2,(H,15,18). The third kappa shape index (κ3) is 3.62. The molecule has 0 spiro atoms. The van der Waals surface area contributed by atoms with Crippen molar-refractivity contribution in [1.82, 2.24) is 15.1 Å². The second kappa shape index (κ2) is 6.78. The van der Waals surface area contributed by atoms with Gasteiger partial charge in [-0.25, -0.2) is 0 Å². The maximum atomic E-state index is 12.1. The number of nitrogens with one attached hydrogen (secondary N) is 1. The Morgan fingerprint density at radius 1 is 1.35 bits per heavy atom. The number of hydrogen-bond acceptors (Lipinski definition) is 4. The minimum absolute atomic E-state index is 0.0322. The molecule has 6 nitrogen and oxygen atoms in total. The highest BCUT2D eigenvalue weighted by Gasteiger charge is 2.23. The number of carbonyl (C=O) groups is 2. The molecule has 1 aromatic heterocycles. The molecule has 0 aromatic carbocycles. The first-order valence-corrected chi connectivity index (χ1v) is 6.44. The lowest BCUT2D eigenvalue weighted by Crippen LogP contribution is -2.51. The predicted molar refractivity (Wildman–Crippen MR) is 72.9 cm³/mol. The summed E-state index contributed by atoms with van der Waals surface area (Å²) in [4.78, 5) is 27.4. The van der Waals surface area contributed by atoms with Crippen LogP contribution in [0.5, 0.6) is 0 Å². The van der Waals surface area contributed by atoms with Gasteiger partial charge in [-0.15, -0.1) is 6.42 Å². The minimum atomic E-state index is -0.0856. The van der Waals surface area contributed by atoms with Crippen LogP contribution in [0.15, 0.2) is 23.0 Å². The van der Waals surface area contributed by atoms with E-state index in [0.717, 1.165) is 0 Å². The summed E-state index contributed by atoms with van der Waals surface area (Å²) in [7, 11) is 0. The molecule has 1 N–H and O–H groups in total. The summed E-state index contributed by atoms with van der Waals surface area (Å²) >= 11 is 0. The second-order valence-corrected chi connectivity index (χ2v) is 4.56. The summed E-state index contributed by atoms with van der Waals surface area (Å²) in [5, 5.41) is 2.63. The summed E-state index contributed by atoms with van der Waals surface area (Å²) < 4.78 is 4.91. The van der Waals surface area contributed by atoms with Crippen molar-refractivity contribution < 1.29 is 14.0 Å². The fourth-order valence-corrected chi connectivity index (χ4v) is 2.09. The third-order valence-electron chi connectivity index (χ3n) is 3.18. The fourth-order valence-electron chi connectivity index (χ4n) is 2.09. The Morgan fingerprint density at radius 3 is 2.70 bits per heavy atom. The van der Waals surface area contributed by atoms with Gasteiger partial charge in [0.25, 0.3) is 5.91 Å². The van der Waals surface area contributed by atoms with Crippen molar-refractivity contribution in [1.29, 1.82) is 0 Å². The SMILES string of the molecule is C#CCNC(=O)CN1CCN(C(=O)c2ccoc2)CC1. The largest absolute Gasteiger partial charge is 0.472 e. The number of piperazine rings is 1. The monoisotopic (exact) mass is 275 g/mol. The molecule has 6 heteroatoms. The normalized spacial score (nSPS) is 15.7. The number of furan rings is 1. The van der Waals surface area contributed by atoms with E-state index < -0.39 is 0 Å². The molecule has 2 rings (SSSR count). The van der Waals surface area contributed by atoms with Crippen molar-refractivity contribution in [3.8, 4) is 12.3 Å². The van der Waals surface area contributed by atoms with Gasteiger partial charge in [-0.2, -0.15) is 0 Å². The zero-order chi connectivity index (χ0) is 14.4. The first-order chi connectivity index (χ1) is 9.70. The lowest BCUT2D eigenvalue weighted by atomic mass is 10.2.